The van der Waals surface area contributed by atoms with Crippen LogP contribution < -0.4 is 5.43 Å². The molecule has 0 saturated heterocycles. The number of rotatable bonds is 4. The number of esters is 1. The monoisotopic (exact) mass is 328 g/mol. The summed E-state index contributed by atoms with van der Waals surface area (Å²) in [4.78, 5) is 24.4. The van der Waals surface area contributed by atoms with Gasteiger partial charge in [0.15, 0.2) is 5.78 Å². The van der Waals surface area contributed by atoms with Crippen LogP contribution in [0.5, 0.6) is 0 Å². The van der Waals surface area contributed by atoms with Crippen LogP contribution >= 0.6 is 0 Å². The highest BCUT2D eigenvalue weighted by Gasteiger charge is 2.65. The number of anilines is 1. The molecule has 0 aromatic heterocycles. The van der Waals surface area contributed by atoms with Gasteiger partial charge in [-0.1, -0.05) is 20.8 Å². The summed E-state index contributed by atoms with van der Waals surface area (Å²) in [5, 5.41) is 4.41. The van der Waals surface area contributed by atoms with E-state index in [1.165, 1.54) is 0 Å². The molecule has 2 bridgehead atoms. The molecule has 5 heteroatoms. The molecule has 5 nitrogen and oxygen atoms in total. The second-order valence-corrected chi connectivity index (χ2v) is 7.38. The lowest BCUT2D eigenvalue weighted by atomic mass is 9.70. The Morgan fingerprint density at radius 2 is 1.96 bits per heavy atom. The number of hydrogen-bond donors (Lipinski definition) is 1. The molecule has 0 aliphatic heterocycles. The summed E-state index contributed by atoms with van der Waals surface area (Å²) < 4.78 is 4.96. The zero-order chi connectivity index (χ0) is 17.5. The van der Waals surface area contributed by atoms with Gasteiger partial charge in [-0.2, -0.15) is 5.10 Å². The molecule has 2 atom stereocenters. The van der Waals surface area contributed by atoms with Gasteiger partial charge in [0, 0.05) is 11.3 Å². The largest absolute Gasteiger partial charge is 0.462 e. The molecule has 3 rings (SSSR count). The number of nitrogens with one attached hydrogen (secondary N) is 1. The van der Waals surface area contributed by atoms with Crippen molar-refractivity contribution in [3.8, 4) is 0 Å². The van der Waals surface area contributed by atoms with E-state index < -0.39 is 0 Å². The fraction of sp³-hybridized carbons (Fsp3) is 0.526. The van der Waals surface area contributed by atoms with Crippen molar-refractivity contribution in [3.05, 3.63) is 29.8 Å². The van der Waals surface area contributed by atoms with Crippen LogP contribution in [0, 0.1) is 16.7 Å². The number of ketones is 1. The summed E-state index contributed by atoms with van der Waals surface area (Å²) in [6, 6.07) is 6.91. The molecular formula is C19H24N2O3. The highest BCUT2D eigenvalue weighted by Crippen LogP contribution is 2.62. The first-order chi connectivity index (χ1) is 11.3. The molecule has 2 aliphatic rings. The minimum absolute atomic E-state index is 0.0433. The van der Waals surface area contributed by atoms with E-state index in [0.29, 0.717) is 17.9 Å². The Labute approximate surface area is 142 Å². The fourth-order valence-corrected chi connectivity index (χ4v) is 3.97. The molecule has 2 fully saturated rings. The van der Waals surface area contributed by atoms with Gasteiger partial charge >= 0.3 is 5.97 Å². The second-order valence-electron chi connectivity index (χ2n) is 7.38. The first kappa shape index (κ1) is 16.7. The predicted octanol–water partition coefficient (Wildman–Crippen LogP) is 3.66. The molecule has 2 saturated carbocycles. The average molecular weight is 328 g/mol. The highest BCUT2D eigenvalue weighted by molar-refractivity contribution is 6.45. The van der Waals surface area contributed by atoms with Gasteiger partial charge in [-0.15, -0.1) is 0 Å². The Bertz CT molecular complexity index is 706. The second kappa shape index (κ2) is 5.72. The average Bonchev–Trinajstić information content (AvgIpc) is 2.86. The van der Waals surface area contributed by atoms with Gasteiger partial charge in [-0.25, -0.2) is 4.79 Å². The number of hydrazone groups is 1. The number of Topliss-reactive ketones (excluding diaryl/α,β-unsaturated/α-hetero) is 1. The molecule has 0 radical (unpaired) electrons. The number of nitrogens with zero attached hydrogens (tertiary/aromatic N) is 1. The number of fused-ring (bicyclic) bond motifs is 2. The first-order valence-electron chi connectivity index (χ1n) is 8.47. The van der Waals surface area contributed by atoms with Gasteiger partial charge in [0.1, 0.15) is 5.71 Å². The SMILES string of the molecule is CCOC(=O)c1ccc(N/N=C2\C(=O)[C@]3(C)CC[C@@H]2C3(C)C)cc1. The van der Waals surface area contributed by atoms with Crippen LogP contribution in [0.3, 0.4) is 0 Å². The molecule has 0 heterocycles. The highest BCUT2D eigenvalue weighted by atomic mass is 16.5. The predicted molar refractivity (Wildman–Crippen MR) is 93.1 cm³/mol. The third-order valence-electron chi connectivity index (χ3n) is 5.99. The van der Waals surface area contributed by atoms with Crippen LogP contribution in [0.1, 0.15) is 50.9 Å². The van der Waals surface area contributed by atoms with E-state index in [2.05, 4.69) is 31.3 Å². The van der Waals surface area contributed by atoms with E-state index in [1.807, 2.05) is 0 Å². The normalized spacial score (nSPS) is 29.1. The molecule has 1 N–H and O–H groups in total. The molecule has 0 unspecified atom stereocenters. The van der Waals surface area contributed by atoms with Crippen molar-refractivity contribution in [1.82, 2.24) is 0 Å². The summed E-state index contributed by atoms with van der Waals surface area (Å²) in [7, 11) is 0. The molecule has 1 aromatic carbocycles. The zero-order valence-electron chi connectivity index (χ0n) is 14.7. The number of benzene rings is 1. The van der Waals surface area contributed by atoms with Crippen molar-refractivity contribution in [2.24, 2.45) is 21.8 Å². The first-order valence-corrected chi connectivity index (χ1v) is 8.47. The number of carbonyl (C=O) groups excluding carboxylic acids is 2. The Morgan fingerprint density at radius 1 is 1.29 bits per heavy atom. The van der Waals surface area contributed by atoms with E-state index in [9.17, 15) is 9.59 Å². The van der Waals surface area contributed by atoms with Crippen molar-refractivity contribution < 1.29 is 14.3 Å². The van der Waals surface area contributed by atoms with Crippen molar-refractivity contribution in [2.75, 3.05) is 12.0 Å². The number of hydrogen-bond acceptors (Lipinski definition) is 5. The van der Waals surface area contributed by atoms with E-state index in [1.54, 1.807) is 31.2 Å². The molecule has 24 heavy (non-hydrogen) atoms. The van der Waals surface area contributed by atoms with Gasteiger partial charge in [0.05, 0.1) is 17.9 Å². The smallest absolute Gasteiger partial charge is 0.338 e. The van der Waals surface area contributed by atoms with Crippen LogP contribution in [0.4, 0.5) is 5.69 Å². The Morgan fingerprint density at radius 3 is 2.50 bits per heavy atom. The van der Waals surface area contributed by atoms with Crippen molar-refractivity contribution in [2.45, 2.75) is 40.5 Å². The number of carbonyl (C=O) groups is 2. The summed E-state index contributed by atoms with van der Waals surface area (Å²) in [6.07, 6.45) is 1.95. The lowest BCUT2D eigenvalue weighted by Gasteiger charge is -2.31. The van der Waals surface area contributed by atoms with Gasteiger partial charge < -0.3 is 4.74 Å². The maximum Gasteiger partial charge on any atom is 0.338 e. The van der Waals surface area contributed by atoms with Crippen molar-refractivity contribution >= 4 is 23.2 Å². The van der Waals surface area contributed by atoms with Crippen molar-refractivity contribution in [1.29, 1.82) is 0 Å². The topological polar surface area (TPSA) is 67.8 Å². The molecule has 0 amide bonds. The third kappa shape index (κ3) is 2.34. The Balaban J connectivity index is 1.75. The van der Waals surface area contributed by atoms with E-state index in [0.717, 1.165) is 18.5 Å². The lowest BCUT2D eigenvalue weighted by Crippen LogP contribution is -2.33. The third-order valence-corrected chi connectivity index (χ3v) is 5.99. The van der Waals surface area contributed by atoms with Crippen LogP contribution in [-0.2, 0) is 9.53 Å². The molecular weight excluding hydrogens is 304 g/mol. The molecule has 128 valence electrons. The van der Waals surface area contributed by atoms with Crippen LogP contribution in [-0.4, -0.2) is 24.1 Å². The molecule has 2 aliphatic carbocycles. The summed E-state index contributed by atoms with van der Waals surface area (Å²) in [5.74, 6) is 0.0361. The lowest BCUT2D eigenvalue weighted by molar-refractivity contribution is -0.123. The minimum atomic E-state index is -0.340. The maximum atomic E-state index is 12.7. The van der Waals surface area contributed by atoms with Gasteiger partial charge in [-0.3, -0.25) is 10.2 Å². The minimum Gasteiger partial charge on any atom is -0.462 e. The fourth-order valence-electron chi connectivity index (χ4n) is 3.97. The van der Waals surface area contributed by atoms with E-state index in [-0.39, 0.29) is 28.5 Å². The van der Waals surface area contributed by atoms with Crippen LogP contribution in [0.2, 0.25) is 0 Å². The zero-order valence-corrected chi connectivity index (χ0v) is 14.7. The van der Waals surface area contributed by atoms with Crippen LogP contribution in [0.25, 0.3) is 0 Å². The Kier molecular flexibility index (Phi) is 3.98. The van der Waals surface area contributed by atoms with E-state index >= 15 is 0 Å². The van der Waals surface area contributed by atoms with Crippen LogP contribution in [0.15, 0.2) is 29.4 Å². The summed E-state index contributed by atoms with van der Waals surface area (Å²) >= 11 is 0. The molecule has 1 aromatic rings. The quantitative estimate of drug-likeness (QED) is 0.676. The van der Waals surface area contributed by atoms with Crippen molar-refractivity contribution in [3.63, 3.8) is 0 Å². The maximum absolute atomic E-state index is 12.7. The van der Waals surface area contributed by atoms with Gasteiger partial charge in [0.2, 0.25) is 0 Å². The van der Waals surface area contributed by atoms with Gasteiger partial charge in [0.25, 0.3) is 0 Å². The van der Waals surface area contributed by atoms with E-state index in [4.69, 9.17) is 4.74 Å². The summed E-state index contributed by atoms with van der Waals surface area (Å²) in [5.41, 5.74) is 4.53. The summed E-state index contributed by atoms with van der Waals surface area (Å²) in [6.45, 7) is 8.52. The Hall–Kier alpha value is -2.17. The standard InChI is InChI=1S/C19H24N2O3/c1-5-24-17(23)12-6-8-13(9-7-12)20-21-15-14-10-11-19(4,16(15)22)18(14,2)3/h6-9,14,20H,5,10-11H2,1-4H3/b21-15-/t14-,19-/m0/s1. The molecule has 0 spiro atoms. The van der Waals surface area contributed by atoms with Gasteiger partial charge in [-0.05, 0) is 49.4 Å². The number of ether oxygens (including phenoxy) is 1.